The number of para-hydroxylation sites is 1. The van der Waals surface area contributed by atoms with Crippen molar-refractivity contribution in [2.45, 2.75) is 77.7 Å². The van der Waals surface area contributed by atoms with Crippen LogP contribution in [0.4, 0.5) is 11.4 Å². The van der Waals surface area contributed by atoms with Crippen molar-refractivity contribution in [2.75, 3.05) is 19.1 Å². The molecule has 248 valence electrons. The number of hydrogen-bond donors (Lipinski definition) is 0. The number of hydrogen-bond acceptors (Lipinski definition) is 3. The van der Waals surface area contributed by atoms with Gasteiger partial charge in [0.25, 0.3) is 0 Å². The Bertz CT molecular complexity index is 1820. The van der Waals surface area contributed by atoms with Crippen LogP contribution in [0.25, 0.3) is 22.3 Å². The van der Waals surface area contributed by atoms with E-state index in [1.165, 1.54) is 50.1 Å². The molecule has 2 atom stereocenters. The largest absolute Gasteiger partial charge is 0.496 e. The van der Waals surface area contributed by atoms with Crippen molar-refractivity contribution in [1.29, 1.82) is 0 Å². The van der Waals surface area contributed by atoms with Crippen LogP contribution in [0.2, 0.25) is 0 Å². The van der Waals surface area contributed by atoms with Crippen molar-refractivity contribution in [3.8, 4) is 33.8 Å². The molecule has 1 heterocycles. The molecule has 1 aliphatic rings. The standard InChI is InChI=1S/C44H50NO2P/c1-8-18-31-28-33(19-9-2)37(36(29-31)32-20-12-10-13-21-32)30-41-45(34-22-14-11-15-23-34)38-25-16-24-35(43(38)48(41)44(3,4)5)42-39(46-6)26-17-27-40(42)47-7/h10-17,20-29,41H,8-9,18-19,30H2,1-7H3. The zero-order valence-electron chi connectivity index (χ0n) is 29.7. The van der Waals surface area contributed by atoms with E-state index in [1.54, 1.807) is 14.2 Å². The molecule has 2 unspecified atom stereocenters. The monoisotopic (exact) mass is 655 g/mol. The summed E-state index contributed by atoms with van der Waals surface area (Å²) in [5.74, 6) is 1.92. The second kappa shape index (κ2) is 14.6. The lowest BCUT2D eigenvalue weighted by Crippen LogP contribution is -2.32. The molecule has 6 rings (SSSR count). The molecule has 0 aromatic heterocycles. The minimum Gasteiger partial charge on any atom is -0.496 e. The van der Waals surface area contributed by atoms with Crippen LogP contribution in [-0.2, 0) is 19.3 Å². The molecule has 0 N–H and O–H groups in total. The number of fused-ring (bicyclic) bond motifs is 1. The van der Waals surface area contributed by atoms with Crippen molar-refractivity contribution in [3.05, 3.63) is 126 Å². The highest BCUT2D eigenvalue weighted by Crippen LogP contribution is 2.64. The Balaban J connectivity index is 1.64. The third-order valence-electron chi connectivity index (χ3n) is 9.50. The van der Waals surface area contributed by atoms with Gasteiger partial charge in [-0.3, -0.25) is 0 Å². The first kappa shape index (κ1) is 33.8. The molecule has 0 amide bonds. The normalized spacial score (nSPS) is 15.8. The van der Waals surface area contributed by atoms with Crippen LogP contribution in [0, 0.1) is 0 Å². The molecule has 1 aliphatic heterocycles. The lowest BCUT2D eigenvalue weighted by Gasteiger charge is -2.38. The second-order valence-electron chi connectivity index (χ2n) is 13.8. The number of nitrogens with zero attached hydrogens (tertiary/aromatic N) is 1. The quantitative estimate of drug-likeness (QED) is 0.132. The topological polar surface area (TPSA) is 21.7 Å². The van der Waals surface area contributed by atoms with E-state index in [2.05, 4.69) is 143 Å². The van der Waals surface area contributed by atoms with E-state index in [0.717, 1.165) is 49.2 Å². The molecule has 5 aromatic rings. The highest BCUT2D eigenvalue weighted by atomic mass is 31.1. The Morgan fingerprint density at radius 1 is 0.688 bits per heavy atom. The van der Waals surface area contributed by atoms with Gasteiger partial charge in [0.2, 0.25) is 0 Å². The SMILES string of the molecule is CCCc1cc(CCC)c(CC2N(c3ccccc3)c3cccc(-c4c(OC)cccc4OC)c3P2C(C)(C)C)c(-c2ccccc2)c1. The minimum absolute atomic E-state index is 0.0175. The van der Waals surface area contributed by atoms with E-state index < -0.39 is 7.92 Å². The molecule has 0 spiro atoms. The molecule has 5 aromatic carbocycles. The van der Waals surface area contributed by atoms with Crippen LogP contribution in [0.15, 0.2) is 109 Å². The van der Waals surface area contributed by atoms with Gasteiger partial charge in [-0.15, -0.1) is 0 Å². The van der Waals surface area contributed by atoms with E-state index in [9.17, 15) is 0 Å². The number of methoxy groups -OCH3 is 2. The van der Waals surface area contributed by atoms with Crippen LogP contribution in [0.3, 0.4) is 0 Å². The van der Waals surface area contributed by atoms with E-state index in [0.29, 0.717) is 0 Å². The summed E-state index contributed by atoms with van der Waals surface area (Å²) in [7, 11) is 2.79. The number of benzene rings is 5. The van der Waals surface area contributed by atoms with Crippen molar-refractivity contribution in [1.82, 2.24) is 0 Å². The zero-order valence-corrected chi connectivity index (χ0v) is 30.6. The van der Waals surface area contributed by atoms with E-state index >= 15 is 0 Å². The Labute approximate surface area is 289 Å². The van der Waals surface area contributed by atoms with Crippen LogP contribution in [0.5, 0.6) is 11.5 Å². The summed E-state index contributed by atoms with van der Waals surface area (Å²) in [5.41, 5.74) is 11.9. The van der Waals surface area contributed by atoms with Gasteiger partial charge in [0, 0.05) is 11.0 Å². The molecular formula is C44H50NO2P. The number of anilines is 2. The van der Waals surface area contributed by atoms with Gasteiger partial charge in [0.15, 0.2) is 0 Å². The molecule has 0 fully saturated rings. The zero-order chi connectivity index (χ0) is 33.8. The maximum atomic E-state index is 6.01. The summed E-state index contributed by atoms with van der Waals surface area (Å²) in [6.45, 7) is 11.9. The summed E-state index contributed by atoms with van der Waals surface area (Å²) >= 11 is 0. The fourth-order valence-electron chi connectivity index (χ4n) is 7.61. The lowest BCUT2D eigenvalue weighted by atomic mass is 9.88. The van der Waals surface area contributed by atoms with Gasteiger partial charge < -0.3 is 14.4 Å². The number of rotatable bonds is 11. The summed E-state index contributed by atoms with van der Waals surface area (Å²) < 4.78 is 12.0. The smallest absolute Gasteiger partial charge is 0.130 e. The number of ether oxygens (including phenoxy) is 2. The highest BCUT2D eigenvalue weighted by molar-refractivity contribution is 7.69. The molecule has 0 aliphatic carbocycles. The van der Waals surface area contributed by atoms with E-state index in [1.807, 2.05) is 6.07 Å². The third kappa shape index (κ3) is 6.50. The van der Waals surface area contributed by atoms with Gasteiger partial charge in [0.05, 0.1) is 31.3 Å². The summed E-state index contributed by atoms with van der Waals surface area (Å²) in [4.78, 5) is 2.67. The molecule has 0 saturated heterocycles. The van der Waals surface area contributed by atoms with Gasteiger partial charge in [-0.05, 0) is 96.1 Å². The fraction of sp³-hybridized carbons (Fsp3) is 0.318. The third-order valence-corrected chi connectivity index (χ3v) is 12.9. The van der Waals surface area contributed by atoms with Gasteiger partial charge in [-0.25, -0.2) is 0 Å². The van der Waals surface area contributed by atoms with Gasteiger partial charge in [0.1, 0.15) is 11.5 Å². The van der Waals surface area contributed by atoms with Crippen molar-refractivity contribution in [3.63, 3.8) is 0 Å². The van der Waals surface area contributed by atoms with Crippen molar-refractivity contribution >= 4 is 24.6 Å². The molecule has 4 heteroatoms. The van der Waals surface area contributed by atoms with Gasteiger partial charge >= 0.3 is 0 Å². The van der Waals surface area contributed by atoms with Crippen LogP contribution in [-0.4, -0.2) is 25.2 Å². The van der Waals surface area contributed by atoms with Crippen LogP contribution < -0.4 is 19.7 Å². The Hall–Kier alpha value is -4.07. The first-order valence-corrected chi connectivity index (χ1v) is 18.9. The van der Waals surface area contributed by atoms with E-state index in [-0.39, 0.29) is 10.9 Å². The molecule has 0 bridgehead atoms. The second-order valence-corrected chi connectivity index (χ2v) is 16.9. The predicted molar refractivity (Wildman–Crippen MR) is 207 cm³/mol. The Kier molecular flexibility index (Phi) is 10.3. The average molecular weight is 656 g/mol. The summed E-state index contributed by atoms with van der Waals surface area (Å²) in [6, 6.07) is 40.1. The van der Waals surface area contributed by atoms with Gasteiger partial charge in [-0.2, -0.15) is 0 Å². The minimum atomic E-state index is -0.734. The highest BCUT2D eigenvalue weighted by Gasteiger charge is 2.47. The summed E-state index contributed by atoms with van der Waals surface area (Å²) in [6.07, 6.45) is 5.40. The lowest BCUT2D eigenvalue weighted by molar-refractivity contribution is 0.397. The first-order valence-electron chi connectivity index (χ1n) is 17.5. The van der Waals surface area contributed by atoms with Crippen molar-refractivity contribution in [2.24, 2.45) is 0 Å². The maximum absolute atomic E-state index is 6.01. The molecular weight excluding hydrogens is 605 g/mol. The van der Waals surface area contributed by atoms with E-state index in [4.69, 9.17) is 9.47 Å². The first-order chi connectivity index (χ1) is 23.3. The van der Waals surface area contributed by atoms with Crippen molar-refractivity contribution < 1.29 is 9.47 Å². The molecule has 0 radical (unpaired) electrons. The average Bonchev–Trinajstić information content (AvgIpc) is 3.44. The Morgan fingerprint density at radius 3 is 1.92 bits per heavy atom. The molecule has 3 nitrogen and oxygen atoms in total. The summed E-state index contributed by atoms with van der Waals surface area (Å²) in [5, 5.41) is 1.45. The molecule has 0 saturated carbocycles. The fourth-order valence-corrected chi connectivity index (χ4v) is 11.2. The maximum Gasteiger partial charge on any atom is 0.130 e. The van der Waals surface area contributed by atoms with Gasteiger partial charge in [-0.1, -0.05) is 126 Å². The Morgan fingerprint density at radius 2 is 1.31 bits per heavy atom. The number of aryl methyl sites for hydroxylation is 2. The molecule has 48 heavy (non-hydrogen) atoms. The van der Waals surface area contributed by atoms with Crippen LogP contribution in [0.1, 0.15) is 64.2 Å². The van der Waals surface area contributed by atoms with Crippen LogP contribution >= 0.6 is 7.92 Å². The predicted octanol–water partition coefficient (Wildman–Crippen LogP) is 11.6.